The van der Waals surface area contributed by atoms with Crippen molar-refractivity contribution < 1.29 is 19.0 Å². The number of aromatic nitrogens is 2. The van der Waals surface area contributed by atoms with Gasteiger partial charge in [0.05, 0.1) is 19.8 Å². The molecule has 0 radical (unpaired) electrons. The quantitative estimate of drug-likeness (QED) is 0.701. The van der Waals surface area contributed by atoms with Gasteiger partial charge in [0, 0.05) is 0 Å². The van der Waals surface area contributed by atoms with Gasteiger partial charge in [-0.25, -0.2) is 14.8 Å². The average Bonchev–Trinajstić information content (AvgIpc) is 2.30. The van der Waals surface area contributed by atoms with E-state index in [1.165, 1.54) is 6.33 Å². The second kappa shape index (κ2) is 6.67. The molecule has 0 spiro atoms. The van der Waals surface area contributed by atoms with Crippen LogP contribution >= 0.6 is 0 Å². The van der Waals surface area contributed by atoms with Crippen LogP contribution in [0.2, 0.25) is 0 Å². The molecule has 0 saturated heterocycles. The maximum atomic E-state index is 11.8. The Morgan fingerprint density at radius 2 is 1.59 bits per heavy atom. The first-order valence-corrected chi connectivity index (χ1v) is 5.52. The predicted molar refractivity (Wildman–Crippen MR) is 60.3 cm³/mol. The fourth-order valence-corrected chi connectivity index (χ4v) is 1.22. The van der Waals surface area contributed by atoms with Crippen molar-refractivity contribution >= 4 is 5.97 Å². The van der Waals surface area contributed by atoms with Gasteiger partial charge in [0.1, 0.15) is 6.33 Å². The monoisotopic (exact) mass is 240 g/mol. The topological polar surface area (TPSA) is 70.5 Å². The predicted octanol–water partition coefficient (Wildman–Crippen LogP) is 1.45. The lowest BCUT2D eigenvalue weighted by Gasteiger charge is -2.11. The Morgan fingerprint density at radius 1 is 1.06 bits per heavy atom. The highest BCUT2D eigenvalue weighted by Crippen LogP contribution is 2.24. The molecule has 0 atom stereocenters. The fourth-order valence-electron chi connectivity index (χ4n) is 1.22. The summed E-state index contributed by atoms with van der Waals surface area (Å²) in [6.45, 7) is 6.39. The molecular formula is C11H16N2O4. The van der Waals surface area contributed by atoms with Crippen molar-refractivity contribution in [1.82, 2.24) is 9.97 Å². The standard InChI is InChI=1S/C11H16N2O4/c1-4-15-9-8(11(14)17-6-3)10(16-5-2)13-7-12-9/h7H,4-6H2,1-3H3. The maximum Gasteiger partial charge on any atom is 0.349 e. The first kappa shape index (κ1) is 13.2. The summed E-state index contributed by atoms with van der Waals surface area (Å²) in [5, 5.41) is 0. The molecule has 17 heavy (non-hydrogen) atoms. The first-order chi connectivity index (χ1) is 8.24. The van der Waals surface area contributed by atoms with Crippen LogP contribution in [0.5, 0.6) is 11.8 Å². The number of carbonyl (C=O) groups is 1. The number of hydrogen-bond donors (Lipinski definition) is 0. The summed E-state index contributed by atoms with van der Waals surface area (Å²) in [5.74, 6) is -0.172. The molecule has 0 N–H and O–H groups in total. The van der Waals surface area contributed by atoms with Crippen molar-refractivity contribution in [3.63, 3.8) is 0 Å². The molecule has 1 aromatic rings. The van der Waals surface area contributed by atoms with Gasteiger partial charge in [0.15, 0.2) is 5.56 Å². The van der Waals surface area contributed by atoms with Crippen LogP contribution < -0.4 is 9.47 Å². The van der Waals surface area contributed by atoms with E-state index in [0.717, 1.165) is 0 Å². The number of rotatable bonds is 6. The van der Waals surface area contributed by atoms with Crippen molar-refractivity contribution in [3.8, 4) is 11.8 Å². The molecule has 0 unspecified atom stereocenters. The van der Waals surface area contributed by atoms with Crippen LogP contribution in [0.15, 0.2) is 6.33 Å². The molecule has 6 nitrogen and oxygen atoms in total. The van der Waals surface area contributed by atoms with Crippen molar-refractivity contribution in [2.75, 3.05) is 19.8 Å². The van der Waals surface area contributed by atoms with Crippen molar-refractivity contribution in [2.45, 2.75) is 20.8 Å². The molecule has 0 aliphatic carbocycles. The minimum atomic E-state index is -0.542. The lowest BCUT2D eigenvalue weighted by molar-refractivity contribution is 0.0514. The van der Waals surface area contributed by atoms with Gasteiger partial charge in [-0.05, 0) is 20.8 Å². The Labute approximate surface area is 99.9 Å². The van der Waals surface area contributed by atoms with Crippen LogP contribution in [-0.4, -0.2) is 35.8 Å². The molecule has 0 aromatic carbocycles. The summed E-state index contributed by atoms with van der Waals surface area (Å²) in [6.07, 6.45) is 1.29. The summed E-state index contributed by atoms with van der Waals surface area (Å²) in [7, 11) is 0. The van der Waals surface area contributed by atoms with Gasteiger partial charge >= 0.3 is 5.97 Å². The molecule has 0 saturated carbocycles. The third kappa shape index (κ3) is 3.30. The van der Waals surface area contributed by atoms with Crippen LogP contribution in [0.4, 0.5) is 0 Å². The van der Waals surface area contributed by atoms with E-state index in [-0.39, 0.29) is 23.9 Å². The second-order valence-electron chi connectivity index (χ2n) is 2.95. The molecule has 0 fully saturated rings. The third-order valence-corrected chi connectivity index (χ3v) is 1.82. The summed E-state index contributed by atoms with van der Waals surface area (Å²) < 4.78 is 15.4. The average molecular weight is 240 g/mol. The van der Waals surface area contributed by atoms with Gasteiger partial charge in [-0.1, -0.05) is 0 Å². The number of esters is 1. The normalized spacial score (nSPS) is 9.82. The zero-order valence-corrected chi connectivity index (χ0v) is 10.2. The highest BCUT2D eigenvalue weighted by Gasteiger charge is 2.22. The zero-order valence-electron chi connectivity index (χ0n) is 10.2. The minimum Gasteiger partial charge on any atom is -0.477 e. The Balaban J connectivity index is 3.12. The van der Waals surface area contributed by atoms with Gasteiger partial charge < -0.3 is 14.2 Å². The highest BCUT2D eigenvalue weighted by molar-refractivity contribution is 5.94. The molecule has 0 aliphatic rings. The number of ether oxygens (including phenoxy) is 3. The highest BCUT2D eigenvalue weighted by atomic mass is 16.5. The number of nitrogens with zero attached hydrogens (tertiary/aromatic N) is 2. The molecule has 0 bridgehead atoms. The van der Waals surface area contributed by atoms with Crippen molar-refractivity contribution in [1.29, 1.82) is 0 Å². The molecule has 0 amide bonds. The van der Waals surface area contributed by atoms with Gasteiger partial charge in [-0.3, -0.25) is 0 Å². The number of hydrogen-bond acceptors (Lipinski definition) is 6. The van der Waals surface area contributed by atoms with Gasteiger partial charge in [0.25, 0.3) is 0 Å². The van der Waals surface area contributed by atoms with E-state index >= 15 is 0 Å². The SMILES string of the molecule is CCOC(=O)c1c(OCC)ncnc1OCC. The molecular weight excluding hydrogens is 224 g/mol. The van der Waals surface area contributed by atoms with Crippen molar-refractivity contribution in [3.05, 3.63) is 11.9 Å². The van der Waals surface area contributed by atoms with Crippen LogP contribution in [0.1, 0.15) is 31.1 Å². The van der Waals surface area contributed by atoms with E-state index in [4.69, 9.17) is 14.2 Å². The summed E-state index contributed by atoms with van der Waals surface area (Å²) in [6, 6.07) is 0. The summed E-state index contributed by atoms with van der Waals surface area (Å²) in [4.78, 5) is 19.6. The number of carbonyl (C=O) groups excluding carboxylic acids is 1. The van der Waals surface area contributed by atoms with E-state index < -0.39 is 5.97 Å². The Bertz CT molecular complexity index is 357. The van der Waals surface area contributed by atoms with Crippen LogP contribution in [0.25, 0.3) is 0 Å². The Hall–Kier alpha value is -1.85. The van der Waals surface area contributed by atoms with Gasteiger partial charge in [-0.2, -0.15) is 0 Å². The molecule has 1 heterocycles. The van der Waals surface area contributed by atoms with E-state index in [9.17, 15) is 4.79 Å². The van der Waals surface area contributed by atoms with E-state index in [1.807, 2.05) is 0 Å². The Kier molecular flexibility index (Phi) is 5.19. The third-order valence-electron chi connectivity index (χ3n) is 1.82. The van der Waals surface area contributed by atoms with Crippen LogP contribution in [-0.2, 0) is 4.74 Å². The van der Waals surface area contributed by atoms with E-state index in [0.29, 0.717) is 13.2 Å². The second-order valence-corrected chi connectivity index (χ2v) is 2.95. The maximum absolute atomic E-state index is 11.8. The Morgan fingerprint density at radius 3 is 2.00 bits per heavy atom. The lowest BCUT2D eigenvalue weighted by Crippen LogP contribution is -2.13. The van der Waals surface area contributed by atoms with Gasteiger partial charge in [-0.15, -0.1) is 0 Å². The van der Waals surface area contributed by atoms with Crippen LogP contribution in [0.3, 0.4) is 0 Å². The van der Waals surface area contributed by atoms with Crippen LogP contribution in [0, 0.1) is 0 Å². The lowest BCUT2D eigenvalue weighted by atomic mass is 10.3. The summed E-state index contributed by atoms with van der Waals surface area (Å²) in [5.41, 5.74) is 0.137. The minimum absolute atomic E-state index is 0.137. The molecule has 6 heteroatoms. The van der Waals surface area contributed by atoms with Crippen molar-refractivity contribution in [2.24, 2.45) is 0 Å². The van der Waals surface area contributed by atoms with E-state index in [2.05, 4.69) is 9.97 Å². The first-order valence-electron chi connectivity index (χ1n) is 5.52. The smallest absolute Gasteiger partial charge is 0.349 e. The largest absolute Gasteiger partial charge is 0.477 e. The molecule has 1 rings (SSSR count). The van der Waals surface area contributed by atoms with E-state index in [1.54, 1.807) is 20.8 Å². The summed E-state index contributed by atoms with van der Waals surface area (Å²) >= 11 is 0. The van der Waals surface area contributed by atoms with Gasteiger partial charge in [0.2, 0.25) is 11.8 Å². The molecule has 0 aliphatic heterocycles. The zero-order chi connectivity index (χ0) is 12.7. The molecule has 1 aromatic heterocycles. The fraction of sp³-hybridized carbons (Fsp3) is 0.545. The molecule has 94 valence electrons.